The molecule has 2 amide bonds. The quantitative estimate of drug-likeness (QED) is 0.717. The van der Waals surface area contributed by atoms with E-state index >= 15 is 0 Å². The minimum Gasteiger partial charge on any atom is -0.274 e. The molecule has 0 unspecified atom stereocenters. The van der Waals surface area contributed by atoms with E-state index in [0.717, 1.165) is 30.4 Å². The molecule has 0 spiro atoms. The van der Waals surface area contributed by atoms with E-state index in [2.05, 4.69) is 6.08 Å². The Morgan fingerprint density at radius 3 is 2.42 bits per heavy atom. The van der Waals surface area contributed by atoms with Crippen LogP contribution in [0.4, 0.5) is 4.39 Å². The van der Waals surface area contributed by atoms with Gasteiger partial charge in [0.25, 0.3) is 11.8 Å². The Labute approximate surface area is 156 Å². The van der Waals surface area contributed by atoms with Gasteiger partial charge in [0.1, 0.15) is 5.82 Å². The van der Waals surface area contributed by atoms with Crippen molar-refractivity contribution in [3.8, 4) is 0 Å². The average molecular weight is 370 g/mol. The van der Waals surface area contributed by atoms with Crippen LogP contribution >= 0.6 is 11.6 Å². The minimum atomic E-state index is -0.463. The predicted molar refractivity (Wildman–Crippen MR) is 98.5 cm³/mol. The molecule has 2 aliphatic rings. The highest BCUT2D eigenvalue weighted by Crippen LogP contribution is 2.36. The number of allylic oxidation sites excluding steroid dienone is 1. The number of imide groups is 1. The molecule has 1 heterocycles. The van der Waals surface area contributed by atoms with Crippen LogP contribution in [0.15, 0.2) is 48.5 Å². The number of hydrogen-bond donors (Lipinski definition) is 0. The Kier molecular flexibility index (Phi) is 4.37. The summed E-state index contributed by atoms with van der Waals surface area (Å²) in [5, 5.41) is 0.0852. The van der Waals surface area contributed by atoms with E-state index < -0.39 is 5.82 Å². The largest absolute Gasteiger partial charge is 0.274 e. The maximum atomic E-state index is 13.9. The van der Waals surface area contributed by atoms with E-state index in [0.29, 0.717) is 17.7 Å². The van der Waals surface area contributed by atoms with Crippen LogP contribution in [0.5, 0.6) is 0 Å². The fourth-order valence-corrected chi connectivity index (χ4v) is 3.91. The van der Waals surface area contributed by atoms with Gasteiger partial charge in [-0.25, -0.2) is 4.39 Å². The molecule has 26 heavy (non-hydrogen) atoms. The van der Waals surface area contributed by atoms with Gasteiger partial charge in [-0.2, -0.15) is 0 Å². The van der Waals surface area contributed by atoms with Crippen LogP contribution in [-0.2, 0) is 0 Å². The summed E-state index contributed by atoms with van der Waals surface area (Å²) in [6.07, 6.45) is 4.81. The number of carbonyl (C=O) groups excluding carboxylic acids is 2. The minimum absolute atomic E-state index is 0.00784. The lowest BCUT2D eigenvalue weighted by Gasteiger charge is -2.28. The van der Waals surface area contributed by atoms with Gasteiger partial charge < -0.3 is 0 Å². The van der Waals surface area contributed by atoms with Gasteiger partial charge in [-0.3, -0.25) is 14.5 Å². The zero-order valence-electron chi connectivity index (χ0n) is 14.0. The Morgan fingerprint density at radius 1 is 1.08 bits per heavy atom. The zero-order chi connectivity index (χ0) is 18.3. The van der Waals surface area contributed by atoms with E-state index in [4.69, 9.17) is 11.6 Å². The second-order valence-electron chi connectivity index (χ2n) is 6.68. The van der Waals surface area contributed by atoms with Crippen molar-refractivity contribution in [3.63, 3.8) is 0 Å². The van der Waals surface area contributed by atoms with Crippen LogP contribution in [0.3, 0.4) is 0 Å². The number of rotatable bonds is 3. The van der Waals surface area contributed by atoms with Gasteiger partial charge in [-0.1, -0.05) is 35.9 Å². The summed E-state index contributed by atoms with van der Waals surface area (Å²) in [5.41, 5.74) is 2.64. The lowest BCUT2D eigenvalue weighted by atomic mass is 9.83. The van der Waals surface area contributed by atoms with Crippen LogP contribution in [0.1, 0.15) is 45.5 Å². The van der Waals surface area contributed by atoms with E-state index in [9.17, 15) is 14.0 Å². The highest BCUT2D eigenvalue weighted by Gasteiger charge is 2.37. The summed E-state index contributed by atoms with van der Waals surface area (Å²) in [6, 6.07) is 11.6. The Balaban J connectivity index is 1.62. The second-order valence-corrected chi connectivity index (χ2v) is 7.09. The van der Waals surface area contributed by atoms with E-state index in [-0.39, 0.29) is 22.8 Å². The first-order valence-electron chi connectivity index (χ1n) is 8.67. The summed E-state index contributed by atoms with van der Waals surface area (Å²) in [6.45, 7) is 0.308. The van der Waals surface area contributed by atoms with Crippen molar-refractivity contribution in [1.29, 1.82) is 0 Å². The fraction of sp³-hybridized carbons (Fsp3) is 0.238. The highest BCUT2D eigenvalue weighted by molar-refractivity contribution is 6.30. The fourth-order valence-electron chi connectivity index (χ4n) is 3.79. The van der Waals surface area contributed by atoms with Gasteiger partial charge in [-0.05, 0) is 54.7 Å². The smallest absolute Gasteiger partial charge is 0.261 e. The van der Waals surface area contributed by atoms with Crippen molar-refractivity contribution in [2.24, 2.45) is 5.92 Å². The third-order valence-corrected chi connectivity index (χ3v) is 5.40. The van der Waals surface area contributed by atoms with Gasteiger partial charge in [0, 0.05) is 12.5 Å². The van der Waals surface area contributed by atoms with E-state index in [1.54, 1.807) is 36.4 Å². The maximum Gasteiger partial charge on any atom is 0.261 e. The molecular weight excluding hydrogens is 353 g/mol. The molecule has 0 N–H and O–H groups in total. The molecule has 2 aromatic carbocycles. The summed E-state index contributed by atoms with van der Waals surface area (Å²) < 4.78 is 13.9. The standard InChI is InChI=1S/C21H17ClFNO2/c22-18-10-9-13(11-19(18)23)15-6-2-1-5-14(15)12-24-20(25)16-7-3-4-8-17(16)21(24)26/h3-4,6-11,14H,1-2,5,12H2/t14-/m1/s1. The first kappa shape index (κ1) is 17.0. The van der Waals surface area contributed by atoms with Crippen LogP contribution in [0, 0.1) is 11.7 Å². The lowest BCUT2D eigenvalue weighted by molar-refractivity contribution is 0.0638. The molecule has 5 heteroatoms. The van der Waals surface area contributed by atoms with Gasteiger partial charge in [0.15, 0.2) is 0 Å². The summed E-state index contributed by atoms with van der Waals surface area (Å²) in [5.74, 6) is -0.975. The van der Waals surface area contributed by atoms with Crippen molar-refractivity contribution in [2.45, 2.75) is 19.3 Å². The normalized spacial score (nSPS) is 19.5. The zero-order valence-corrected chi connectivity index (χ0v) is 14.8. The molecule has 1 aliphatic carbocycles. The molecule has 1 aliphatic heterocycles. The molecule has 1 atom stereocenters. The molecule has 0 saturated heterocycles. The number of carbonyl (C=O) groups is 2. The number of hydrogen-bond acceptors (Lipinski definition) is 2. The maximum absolute atomic E-state index is 13.9. The molecular formula is C21H17ClFNO2. The van der Waals surface area contributed by atoms with Gasteiger partial charge >= 0.3 is 0 Å². The third-order valence-electron chi connectivity index (χ3n) is 5.09. The van der Waals surface area contributed by atoms with E-state index in [1.165, 1.54) is 11.0 Å². The van der Waals surface area contributed by atoms with Crippen molar-refractivity contribution in [2.75, 3.05) is 6.54 Å². The topological polar surface area (TPSA) is 37.4 Å². The molecule has 3 nitrogen and oxygen atoms in total. The van der Waals surface area contributed by atoms with Crippen molar-refractivity contribution < 1.29 is 14.0 Å². The molecule has 132 valence electrons. The first-order valence-corrected chi connectivity index (χ1v) is 9.05. The third kappa shape index (κ3) is 2.84. The van der Waals surface area contributed by atoms with Crippen molar-refractivity contribution in [3.05, 3.63) is 76.1 Å². The summed E-state index contributed by atoms with van der Waals surface area (Å²) in [7, 11) is 0. The SMILES string of the molecule is O=C1c2ccccc2C(=O)N1C[C@H]1CCCC=C1c1ccc(Cl)c(F)c1. The Morgan fingerprint density at radius 2 is 1.77 bits per heavy atom. The predicted octanol–water partition coefficient (Wildman–Crippen LogP) is 4.96. The number of benzene rings is 2. The first-order chi connectivity index (χ1) is 12.6. The second kappa shape index (κ2) is 6.69. The molecule has 4 rings (SSSR count). The Bertz CT molecular complexity index is 902. The van der Waals surface area contributed by atoms with Crippen LogP contribution in [0.25, 0.3) is 5.57 Å². The van der Waals surface area contributed by atoms with Crippen molar-refractivity contribution >= 4 is 29.0 Å². The van der Waals surface area contributed by atoms with Crippen LogP contribution < -0.4 is 0 Å². The number of halogens is 2. The van der Waals surface area contributed by atoms with Gasteiger partial charge in [-0.15, -0.1) is 0 Å². The Hall–Kier alpha value is -2.46. The average Bonchev–Trinajstić information content (AvgIpc) is 2.90. The molecule has 0 radical (unpaired) electrons. The number of amides is 2. The molecule has 0 saturated carbocycles. The number of nitrogens with zero attached hydrogens (tertiary/aromatic N) is 1. The lowest BCUT2D eigenvalue weighted by Crippen LogP contribution is -2.35. The molecule has 0 aromatic heterocycles. The van der Waals surface area contributed by atoms with Gasteiger partial charge in [0.2, 0.25) is 0 Å². The van der Waals surface area contributed by atoms with Gasteiger partial charge in [0.05, 0.1) is 16.1 Å². The number of fused-ring (bicyclic) bond motifs is 1. The summed E-state index contributed by atoms with van der Waals surface area (Å²) in [4.78, 5) is 26.6. The molecule has 0 bridgehead atoms. The van der Waals surface area contributed by atoms with E-state index in [1.807, 2.05) is 0 Å². The van der Waals surface area contributed by atoms with Crippen LogP contribution in [0.2, 0.25) is 5.02 Å². The molecule has 0 fully saturated rings. The van der Waals surface area contributed by atoms with Crippen LogP contribution in [-0.4, -0.2) is 23.3 Å². The summed E-state index contributed by atoms with van der Waals surface area (Å²) >= 11 is 5.79. The van der Waals surface area contributed by atoms with Crippen molar-refractivity contribution in [1.82, 2.24) is 4.90 Å². The monoisotopic (exact) mass is 369 g/mol. The highest BCUT2D eigenvalue weighted by atomic mass is 35.5. The molecule has 2 aromatic rings.